The van der Waals surface area contributed by atoms with E-state index in [1.54, 1.807) is 0 Å². The molecule has 0 spiro atoms. The molecular formula is C25H29N5O2. The highest BCUT2D eigenvalue weighted by Crippen LogP contribution is 2.27. The highest BCUT2D eigenvalue weighted by atomic mass is 16.6. The number of nitrogens with zero attached hydrogens (tertiary/aromatic N) is 4. The van der Waals surface area contributed by atoms with E-state index in [0.29, 0.717) is 12.1 Å². The van der Waals surface area contributed by atoms with Crippen molar-refractivity contribution in [3.63, 3.8) is 0 Å². The predicted octanol–water partition coefficient (Wildman–Crippen LogP) is 4.45. The number of nitrogens with one attached hydrogen (secondary N) is 1. The fraction of sp³-hybridized carbons (Fsp3) is 0.400. The van der Waals surface area contributed by atoms with Crippen LogP contribution in [0.3, 0.4) is 0 Å². The van der Waals surface area contributed by atoms with E-state index in [9.17, 15) is 10.1 Å². The molecule has 0 radical (unpaired) electrons. The minimum absolute atomic E-state index is 0.0817. The number of piperidine rings is 1. The third kappa shape index (κ3) is 4.86. The molecule has 7 heteroatoms. The molecule has 1 amide bonds. The summed E-state index contributed by atoms with van der Waals surface area (Å²) in [5, 5.41) is 12.5. The maximum absolute atomic E-state index is 12.1. The van der Waals surface area contributed by atoms with Crippen LogP contribution in [0.25, 0.3) is 11.0 Å². The van der Waals surface area contributed by atoms with Crippen molar-refractivity contribution in [1.82, 2.24) is 14.9 Å². The van der Waals surface area contributed by atoms with Crippen LogP contribution in [0.1, 0.15) is 44.7 Å². The Morgan fingerprint density at radius 1 is 1.16 bits per heavy atom. The first-order valence-corrected chi connectivity index (χ1v) is 11.0. The van der Waals surface area contributed by atoms with Gasteiger partial charge in [-0.15, -0.1) is 0 Å². The van der Waals surface area contributed by atoms with Crippen LogP contribution in [0.15, 0.2) is 48.5 Å². The Bertz CT molecular complexity index is 1150. The Hall–Kier alpha value is -3.53. The van der Waals surface area contributed by atoms with Crippen molar-refractivity contribution >= 4 is 23.1 Å². The number of alkyl carbamates (subject to hydrolysis) is 1. The lowest BCUT2D eigenvalue weighted by Gasteiger charge is -2.33. The van der Waals surface area contributed by atoms with Gasteiger partial charge in [0.15, 0.2) is 0 Å². The molecule has 1 saturated heterocycles. The van der Waals surface area contributed by atoms with Crippen molar-refractivity contribution < 1.29 is 9.53 Å². The van der Waals surface area contributed by atoms with Crippen LogP contribution in [0.4, 0.5) is 10.7 Å². The lowest BCUT2D eigenvalue weighted by Crippen LogP contribution is -2.46. The van der Waals surface area contributed by atoms with Crippen LogP contribution in [0.2, 0.25) is 0 Å². The molecule has 3 aromatic rings. The number of amides is 1. The number of para-hydroxylation sites is 2. The van der Waals surface area contributed by atoms with Gasteiger partial charge < -0.3 is 19.5 Å². The maximum Gasteiger partial charge on any atom is 0.407 e. The van der Waals surface area contributed by atoms with Crippen LogP contribution in [-0.4, -0.2) is 40.4 Å². The summed E-state index contributed by atoms with van der Waals surface area (Å²) in [4.78, 5) is 19.3. The second-order valence-electron chi connectivity index (χ2n) is 9.16. The van der Waals surface area contributed by atoms with E-state index in [4.69, 9.17) is 9.72 Å². The molecule has 1 fully saturated rings. The number of fused-ring (bicyclic) bond motifs is 1. The molecule has 32 heavy (non-hydrogen) atoms. The topological polar surface area (TPSA) is 83.2 Å². The Labute approximate surface area is 188 Å². The van der Waals surface area contributed by atoms with Gasteiger partial charge in [-0.25, -0.2) is 9.78 Å². The number of rotatable bonds is 4. The second kappa shape index (κ2) is 8.91. The van der Waals surface area contributed by atoms with Gasteiger partial charge in [0.25, 0.3) is 0 Å². The first-order chi connectivity index (χ1) is 15.3. The molecule has 4 rings (SSSR count). The molecule has 1 aromatic heterocycles. The minimum Gasteiger partial charge on any atom is -0.444 e. The van der Waals surface area contributed by atoms with Crippen molar-refractivity contribution in [1.29, 1.82) is 5.26 Å². The van der Waals surface area contributed by atoms with E-state index in [-0.39, 0.29) is 12.1 Å². The van der Waals surface area contributed by atoms with Crippen LogP contribution in [0.5, 0.6) is 0 Å². The molecule has 2 aromatic carbocycles. The van der Waals surface area contributed by atoms with Crippen molar-refractivity contribution in [2.75, 3.05) is 18.0 Å². The van der Waals surface area contributed by atoms with Gasteiger partial charge in [0, 0.05) is 19.1 Å². The summed E-state index contributed by atoms with van der Waals surface area (Å²) in [6.07, 6.45) is 1.27. The number of carbonyl (C=O) groups is 1. The summed E-state index contributed by atoms with van der Waals surface area (Å²) in [6, 6.07) is 18.2. The molecule has 166 valence electrons. The standard InChI is InChI=1S/C25H29N5O2/c1-25(2,3)32-24(31)27-20-12-14-29(15-13-20)23-28-21-10-6-7-11-22(21)30(23)17-19-9-5-4-8-18(19)16-26/h4-11,20H,12-15,17H2,1-3H3,(H,27,31). The van der Waals surface area contributed by atoms with Crippen LogP contribution in [-0.2, 0) is 11.3 Å². The van der Waals surface area contributed by atoms with E-state index in [1.807, 2.05) is 63.2 Å². The fourth-order valence-corrected chi connectivity index (χ4v) is 4.10. The zero-order valence-corrected chi connectivity index (χ0v) is 18.8. The van der Waals surface area contributed by atoms with E-state index in [0.717, 1.165) is 48.5 Å². The average molecular weight is 432 g/mol. The Kier molecular flexibility index (Phi) is 6.04. The monoisotopic (exact) mass is 431 g/mol. The molecule has 1 N–H and O–H groups in total. The summed E-state index contributed by atoms with van der Waals surface area (Å²) in [7, 11) is 0. The van der Waals surface area contributed by atoms with Crippen LogP contribution in [0, 0.1) is 11.3 Å². The summed E-state index contributed by atoms with van der Waals surface area (Å²) >= 11 is 0. The number of carbonyl (C=O) groups excluding carboxylic acids is 1. The summed E-state index contributed by atoms with van der Waals surface area (Å²) in [5.74, 6) is 0.898. The van der Waals surface area contributed by atoms with Crippen LogP contribution >= 0.6 is 0 Å². The molecule has 0 bridgehead atoms. The largest absolute Gasteiger partial charge is 0.444 e. The predicted molar refractivity (Wildman–Crippen MR) is 125 cm³/mol. The molecule has 0 unspecified atom stereocenters. The molecule has 2 heterocycles. The minimum atomic E-state index is -0.505. The molecule has 0 aliphatic carbocycles. The lowest BCUT2D eigenvalue weighted by atomic mass is 10.1. The summed E-state index contributed by atoms with van der Waals surface area (Å²) < 4.78 is 7.58. The van der Waals surface area contributed by atoms with Crippen LogP contribution < -0.4 is 10.2 Å². The van der Waals surface area contributed by atoms with E-state index in [1.165, 1.54) is 0 Å². The van der Waals surface area contributed by atoms with Gasteiger partial charge in [0.1, 0.15) is 5.60 Å². The van der Waals surface area contributed by atoms with E-state index in [2.05, 4.69) is 26.9 Å². The number of aromatic nitrogens is 2. The lowest BCUT2D eigenvalue weighted by molar-refractivity contribution is 0.0497. The summed E-state index contributed by atoms with van der Waals surface area (Å²) in [6.45, 7) is 7.74. The highest BCUT2D eigenvalue weighted by Gasteiger charge is 2.26. The first kappa shape index (κ1) is 21.7. The average Bonchev–Trinajstić information content (AvgIpc) is 3.12. The number of imidazole rings is 1. The van der Waals surface area contributed by atoms with Gasteiger partial charge in [-0.2, -0.15) is 5.26 Å². The van der Waals surface area contributed by atoms with E-state index < -0.39 is 5.60 Å². The van der Waals surface area contributed by atoms with Gasteiger partial charge in [-0.1, -0.05) is 30.3 Å². The second-order valence-corrected chi connectivity index (χ2v) is 9.16. The fourth-order valence-electron chi connectivity index (χ4n) is 4.10. The normalized spacial score (nSPS) is 14.9. The van der Waals surface area contributed by atoms with Gasteiger partial charge in [-0.05, 0) is 57.4 Å². The van der Waals surface area contributed by atoms with Crippen molar-refractivity contribution in [2.24, 2.45) is 0 Å². The number of benzene rings is 2. The SMILES string of the molecule is CC(C)(C)OC(=O)NC1CCN(c2nc3ccccc3n2Cc2ccccc2C#N)CC1. The van der Waals surface area contributed by atoms with Gasteiger partial charge in [0.05, 0.1) is 29.2 Å². The van der Waals surface area contributed by atoms with Crippen molar-refractivity contribution in [3.8, 4) is 6.07 Å². The Balaban J connectivity index is 1.53. The first-order valence-electron chi connectivity index (χ1n) is 11.0. The Morgan fingerprint density at radius 3 is 2.56 bits per heavy atom. The highest BCUT2D eigenvalue weighted by molar-refractivity contribution is 5.79. The summed E-state index contributed by atoms with van der Waals surface area (Å²) in [5.41, 5.74) is 3.13. The number of nitriles is 1. The van der Waals surface area contributed by atoms with E-state index >= 15 is 0 Å². The quantitative estimate of drug-likeness (QED) is 0.660. The van der Waals surface area contributed by atoms with Gasteiger partial charge >= 0.3 is 6.09 Å². The van der Waals surface area contributed by atoms with Gasteiger partial charge in [0.2, 0.25) is 5.95 Å². The smallest absolute Gasteiger partial charge is 0.407 e. The zero-order valence-electron chi connectivity index (χ0n) is 18.8. The molecule has 1 aliphatic heterocycles. The molecule has 0 atom stereocenters. The molecule has 1 aliphatic rings. The van der Waals surface area contributed by atoms with Gasteiger partial charge in [-0.3, -0.25) is 0 Å². The number of hydrogen-bond acceptors (Lipinski definition) is 5. The third-order valence-electron chi connectivity index (χ3n) is 5.60. The third-order valence-corrected chi connectivity index (χ3v) is 5.60. The Morgan fingerprint density at radius 2 is 1.84 bits per heavy atom. The number of ether oxygens (including phenoxy) is 1. The maximum atomic E-state index is 12.1. The van der Waals surface area contributed by atoms with Crippen molar-refractivity contribution in [3.05, 3.63) is 59.7 Å². The zero-order chi connectivity index (χ0) is 22.7. The molecule has 0 saturated carbocycles. The number of hydrogen-bond donors (Lipinski definition) is 1. The molecule has 7 nitrogen and oxygen atoms in total. The number of anilines is 1. The molecular weight excluding hydrogens is 402 g/mol. The van der Waals surface area contributed by atoms with Crippen molar-refractivity contribution in [2.45, 2.75) is 51.8 Å².